The first-order chi connectivity index (χ1) is 12.7. The van der Waals surface area contributed by atoms with Gasteiger partial charge in [-0.3, -0.25) is 4.98 Å². The van der Waals surface area contributed by atoms with Crippen LogP contribution in [0, 0.1) is 0 Å². The smallest absolute Gasteiger partial charge is 0.175 e. The molecule has 0 saturated heterocycles. The molecular formula is C21H21N3OS. The van der Waals surface area contributed by atoms with Crippen LogP contribution in [-0.2, 0) is 6.42 Å². The van der Waals surface area contributed by atoms with E-state index in [1.54, 1.807) is 0 Å². The molecule has 0 aliphatic heterocycles. The quantitative estimate of drug-likeness (QED) is 0.611. The topological polar surface area (TPSA) is 46.2 Å². The number of thiocarbonyl (C=S) groups is 1. The highest BCUT2D eigenvalue weighted by molar-refractivity contribution is 7.80. The van der Waals surface area contributed by atoms with E-state index in [4.69, 9.17) is 17.0 Å². The summed E-state index contributed by atoms with van der Waals surface area (Å²) in [6, 6.07) is 20.0. The molecule has 0 fully saturated rings. The Morgan fingerprint density at radius 2 is 1.38 bits per heavy atom. The molecule has 0 bridgehead atoms. The Bertz CT molecular complexity index is 833. The van der Waals surface area contributed by atoms with Crippen LogP contribution in [0.3, 0.4) is 0 Å². The lowest BCUT2D eigenvalue weighted by Crippen LogP contribution is -2.18. The molecule has 0 saturated carbocycles. The predicted octanol–water partition coefficient (Wildman–Crippen LogP) is 4.88. The molecule has 2 N–H and O–H groups in total. The second kappa shape index (κ2) is 8.97. The molecule has 0 atom stereocenters. The number of rotatable bonds is 6. The minimum atomic E-state index is 0.552. The number of benzene rings is 2. The van der Waals surface area contributed by atoms with Crippen molar-refractivity contribution in [2.75, 3.05) is 17.2 Å². The summed E-state index contributed by atoms with van der Waals surface area (Å²) < 4.78 is 5.44. The lowest BCUT2D eigenvalue weighted by Gasteiger charge is -2.12. The van der Waals surface area contributed by atoms with Crippen LogP contribution in [0.1, 0.15) is 18.1 Å². The molecule has 132 valence electrons. The van der Waals surface area contributed by atoms with Crippen molar-refractivity contribution in [1.82, 2.24) is 4.98 Å². The first-order valence-corrected chi connectivity index (χ1v) is 8.92. The summed E-state index contributed by atoms with van der Waals surface area (Å²) in [5.74, 6) is 0.849. The van der Waals surface area contributed by atoms with Gasteiger partial charge in [0.2, 0.25) is 0 Å². The first kappa shape index (κ1) is 17.9. The molecule has 2 aromatic carbocycles. The van der Waals surface area contributed by atoms with Crippen LogP contribution in [-0.4, -0.2) is 16.7 Å². The van der Waals surface area contributed by atoms with Gasteiger partial charge >= 0.3 is 0 Å². The molecule has 1 heterocycles. The van der Waals surface area contributed by atoms with Gasteiger partial charge in [0.05, 0.1) is 6.61 Å². The van der Waals surface area contributed by atoms with Gasteiger partial charge in [0, 0.05) is 23.8 Å². The molecule has 0 aliphatic carbocycles. The minimum absolute atomic E-state index is 0.552. The second-order valence-electron chi connectivity index (χ2n) is 5.77. The average molecular weight is 363 g/mol. The van der Waals surface area contributed by atoms with Crippen LogP contribution in [0.15, 0.2) is 73.1 Å². The first-order valence-electron chi connectivity index (χ1n) is 8.51. The van der Waals surface area contributed by atoms with E-state index in [1.807, 2.05) is 67.8 Å². The molecule has 1 aromatic heterocycles. The number of nitrogens with zero attached hydrogens (tertiary/aromatic N) is 1. The maximum Gasteiger partial charge on any atom is 0.175 e. The number of anilines is 2. The highest BCUT2D eigenvalue weighted by atomic mass is 32.1. The van der Waals surface area contributed by atoms with E-state index in [9.17, 15) is 0 Å². The zero-order valence-electron chi connectivity index (χ0n) is 14.6. The van der Waals surface area contributed by atoms with E-state index in [2.05, 4.69) is 27.8 Å². The fraction of sp³-hybridized carbons (Fsp3) is 0.143. The predicted molar refractivity (Wildman–Crippen MR) is 111 cm³/mol. The Kier molecular flexibility index (Phi) is 6.17. The fourth-order valence-corrected chi connectivity index (χ4v) is 2.77. The average Bonchev–Trinajstić information content (AvgIpc) is 2.66. The molecule has 3 rings (SSSR count). The number of pyridine rings is 1. The van der Waals surface area contributed by atoms with Crippen molar-refractivity contribution < 1.29 is 4.74 Å². The number of ether oxygens (including phenoxy) is 1. The van der Waals surface area contributed by atoms with Gasteiger partial charge in [-0.05, 0) is 85.2 Å². The second-order valence-corrected chi connectivity index (χ2v) is 6.17. The van der Waals surface area contributed by atoms with E-state index in [0.29, 0.717) is 11.7 Å². The molecule has 26 heavy (non-hydrogen) atoms. The van der Waals surface area contributed by atoms with Crippen LogP contribution in [0.5, 0.6) is 5.75 Å². The van der Waals surface area contributed by atoms with Crippen molar-refractivity contribution in [1.29, 1.82) is 0 Å². The highest BCUT2D eigenvalue weighted by Gasteiger charge is 2.01. The summed E-state index contributed by atoms with van der Waals surface area (Å²) in [5.41, 5.74) is 4.35. The summed E-state index contributed by atoms with van der Waals surface area (Å²) in [7, 11) is 0. The standard InChI is InChI=1S/C21H21N3OS/c1-2-25-20-9-7-19(8-10-20)24-21(26)23-18-5-3-16(4-6-18)15-17-11-13-22-14-12-17/h3-14H,2,15H2,1H3,(H2,23,24,26). The monoisotopic (exact) mass is 363 g/mol. The SMILES string of the molecule is CCOc1ccc(NC(=S)Nc2ccc(Cc3ccncc3)cc2)cc1. The van der Waals surface area contributed by atoms with Gasteiger partial charge in [0.1, 0.15) is 5.75 Å². The summed E-state index contributed by atoms with van der Waals surface area (Å²) in [5, 5.41) is 6.92. The summed E-state index contributed by atoms with van der Waals surface area (Å²) in [4.78, 5) is 4.04. The number of nitrogens with one attached hydrogen (secondary N) is 2. The van der Waals surface area contributed by atoms with E-state index in [0.717, 1.165) is 23.5 Å². The fourth-order valence-electron chi connectivity index (χ4n) is 2.54. The van der Waals surface area contributed by atoms with Crippen molar-refractivity contribution in [2.24, 2.45) is 0 Å². The van der Waals surface area contributed by atoms with Crippen LogP contribution >= 0.6 is 12.2 Å². The maximum absolute atomic E-state index is 5.44. The molecular weight excluding hydrogens is 342 g/mol. The summed E-state index contributed by atoms with van der Waals surface area (Å²) >= 11 is 5.38. The van der Waals surface area contributed by atoms with Crippen molar-refractivity contribution in [3.63, 3.8) is 0 Å². The van der Waals surface area contributed by atoms with Crippen molar-refractivity contribution in [3.05, 3.63) is 84.2 Å². The minimum Gasteiger partial charge on any atom is -0.494 e. The Hall–Kier alpha value is -2.92. The highest BCUT2D eigenvalue weighted by Crippen LogP contribution is 2.17. The summed E-state index contributed by atoms with van der Waals surface area (Å²) in [6.45, 7) is 2.62. The van der Waals surface area contributed by atoms with E-state index in [1.165, 1.54) is 11.1 Å². The van der Waals surface area contributed by atoms with Crippen LogP contribution in [0.25, 0.3) is 0 Å². The largest absolute Gasteiger partial charge is 0.494 e. The van der Waals surface area contributed by atoms with Crippen molar-refractivity contribution >= 4 is 28.7 Å². The van der Waals surface area contributed by atoms with Gasteiger partial charge in [-0.2, -0.15) is 0 Å². The molecule has 5 heteroatoms. The van der Waals surface area contributed by atoms with E-state index < -0.39 is 0 Å². The van der Waals surface area contributed by atoms with Crippen LogP contribution < -0.4 is 15.4 Å². The Morgan fingerprint density at radius 1 is 0.846 bits per heavy atom. The van der Waals surface area contributed by atoms with Gasteiger partial charge in [-0.15, -0.1) is 0 Å². The third-order valence-corrected chi connectivity index (χ3v) is 4.00. The van der Waals surface area contributed by atoms with Crippen molar-refractivity contribution in [2.45, 2.75) is 13.3 Å². The number of hydrogen-bond acceptors (Lipinski definition) is 3. The van der Waals surface area contributed by atoms with Gasteiger partial charge < -0.3 is 15.4 Å². The van der Waals surface area contributed by atoms with Gasteiger partial charge in [0.15, 0.2) is 5.11 Å². The Labute approximate surface area is 159 Å². The molecule has 3 aromatic rings. The zero-order valence-corrected chi connectivity index (χ0v) is 15.4. The lowest BCUT2D eigenvalue weighted by molar-refractivity contribution is 0.340. The molecule has 0 spiro atoms. The zero-order chi connectivity index (χ0) is 18.2. The molecule has 0 unspecified atom stereocenters. The van der Waals surface area contributed by atoms with Crippen LogP contribution in [0.2, 0.25) is 0 Å². The van der Waals surface area contributed by atoms with E-state index in [-0.39, 0.29) is 0 Å². The Morgan fingerprint density at radius 3 is 1.96 bits per heavy atom. The van der Waals surface area contributed by atoms with Gasteiger partial charge in [-0.1, -0.05) is 12.1 Å². The third kappa shape index (κ3) is 5.29. The van der Waals surface area contributed by atoms with E-state index >= 15 is 0 Å². The Balaban J connectivity index is 1.54. The molecule has 4 nitrogen and oxygen atoms in total. The van der Waals surface area contributed by atoms with Crippen molar-refractivity contribution in [3.8, 4) is 5.75 Å². The van der Waals surface area contributed by atoms with Gasteiger partial charge in [-0.25, -0.2) is 0 Å². The van der Waals surface area contributed by atoms with Gasteiger partial charge in [0.25, 0.3) is 0 Å². The molecule has 0 aliphatic rings. The number of aromatic nitrogens is 1. The normalized spacial score (nSPS) is 10.2. The molecule has 0 amide bonds. The van der Waals surface area contributed by atoms with Crippen LogP contribution in [0.4, 0.5) is 11.4 Å². The third-order valence-electron chi connectivity index (χ3n) is 3.79. The summed E-state index contributed by atoms with van der Waals surface area (Å²) in [6.07, 6.45) is 4.52. The maximum atomic E-state index is 5.44. The number of hydrogen-bond donors (Lipinski definition) is 2. The lowest BCUT2D eigenvalue weighted by atomic mass is 10.1. The molecule has 0 radical (unpaired) electrons.